The standard InChI is InChI=1S/C36H44N2/c1-34(2,3)26-15-12-14-24(20-26)29-16-13-17-30(33(29)38-32-19-11-10-18-31(32)37)25-21-27(35(4,5)6)23-28(22-25)36(7,8)9/h10-23,38H,37H2,1-9H3/i12D,14D,15D,20D. The number of hydrogen-bond donors (Lipinski definition) is 2. The molecular formula is C36H44N2. The maximum absolute atomic E-state index is 9.27. The summed E-state index contributed by atoms with van der Waals surface area (Å²) in [7, 11) is 0. The molecule has 198 valence electrons. The smallest absolute Gasteiger partial charge is 0.0632 e. The summed E-state index contributed by atoms with van der Waals surface area (Å²) in [5, 5.41) is 3.57. The Morgan fingerprint density at radius 2 is 1.18 bits per heavy atom. The molecule has 0 aromatic heterocycles. The molecule has 0 radical (unpaired) electrons. The summed E-state index contributed by atoms with van der Waals surface area (Å²) in [5.74, 6) is 0. The number of nitrogen functional groups attached to an aromatic ring is 1. The third-order valence-corrected chi connectivity index (χ3v) is 6.91. The van der Waals surface area contributed by atoms with E-state index in [4.69, 9.17) is 9.85 Å². The van der Waals surface area contributed by atoms with Crippen LogP contribution in [0.3, 0.4) is 0 Å². The van der Waals surface area contributed by atoms with Crippen molar-refractivity contribution < 1.29 is 5.48 Å². The van der Waals surface area contributed by atoms with Gasteiger partial charge in [-0.3, -0.25) is 0 Å². The van der Waals surface area contributed by atoms with E-state index in [1.165, 1.54) is 11.1 Å². The van der Waals surface area contributed by atoms with Gasteiger partial charge in [0.05, 0.1) is 22.5 Å². The fourth-order valence-electron chi connectivity index (χ4n) is 4.38. The van der Waals surface area contributed by atoms with Crippen LogP contribution in [0.5, 0.6) is 0 Å². The van der Waals surface area contributed by atoms with Crippen LogP contribution in [0.25, 0.3) is 22.3 Å². The number of nitrogens with one attached hydrogen (secondary N) is 1. The van der Waals surface area contributed by atoms with Crippen LogP contribution in [0.1, 0.15) is 84.5 Å². The Kier molecular flexibility index (Phi) is 5.90. The van der Waals surface area contributed by atoms with E-state index in [0.29, 0.717) is 33.8 Å². The number of rotatable bonds is 4. The van der Waals surface area contributed by atoms with Gasteiger partial charge in [-0.25, -0.2) is 0 Å². The second kappa shape index (κ2) is 9.98. The van der Waals surface area contributed by atoms with Crippen molar-refractivity contribution in [3.63, 3.8) is 0 Å². The minimum Gasteiger partial charge on any atom is -0.397 e. The number of para-hydroxylation sites is 3. The van der Waals surface area contributed by atoms with Crippen molar-refractivity contribution in [3.8, 4) is 22.3 Å². The monoisotopic (exact) mass is 508 g/mol. The molecule has 0 amide bonds. The van der Waals surface area contributed by atoms with E-state index in [2.05, 4.69) is 71.1 Å². The average Bonchev–Trinajstić information content (AvgIpc) is 2.87. The normalized spacial score (nSPS) is 13.9. The third-order valence-electron chi connectivity index (χ3n) is 6.91. The quantitative estimate of drug-likeness (QED) is 0.269. The molecular weight excluding hydrogens is 460 g/mol. The van der Waals surface area contributed by atoms with Gasteiger partial charge in [0.25, 0.3) is 0 Å². The molecule has 4 rings (SSSR count). The largest absolute Gasteiger partial charge is 0.397 e. The van der Waals surface area contributed by atoms with E-state index >= 15 is 0 Å². The molecule has 0 aliphatic carbocycles. The van der Waals surface area contributed by atoms with Crippen LogP contribution >= 0.6 is 0 Å². The summed E-state index contributed by atoms with van der Waals surface area (Å²) in [5.41, 5.74) is 13.5. The molecule has 2 heteroatoms. The van der Waals surface area contributed by atoms with E-state index in [-0.39, 0.29) is 35.0 Å². The van der Waals surface area contributed by atoms with Crippen LogP contribution in [0.4, 0.5) is 17.1 Å². The van der Waals surface area contributed by atoms with Gasteiger partial charge < -0.3 is 11.1 Å². The summed E-state index contributed by atoms with van der Waals surface area (Å²) < 4.78 is 35.6. The van der Waals surface area contributed by atoms with Crippen LogP contribution in [-0.4, -0.2) is 0 Å². The fraction of sp³-hybridized carbons (Fsp3) is 0.333. The van der Waals surface area contributed by atoms with Gasteiger partial charge in [-0.05, 0) is 56.2 Å². The Balaban J connectivity index is 2.15. The predicted molar refractivity (Wildman–Crippen MR) is 168 cm³/mol. The minimum atomic E-state index is -0.551. The third kappa shape index (κ3) is 5.96. The molecule has 0 atom stereocenters. The number of nitrogens with two attached hydrogens (primary N) is 1. The lowest BCUT2D eigenvalue weighted by atomic mass is 9.78. The highest BCUT2D eigenvalue weighted by molar-refractivity contribution is 5.94. The van der Waals surface area contributed by atoms with E-state index in [1.807, 2.05) is 57.2 Å². The molecule has 38 heavy (non-hydrogen) atoms. The summed E-state index contributed by atoms with van der Waals surface area (Å²) in [6.07, 6.45) is 0. The van der Waals surface area contributed by atoms with E-state index < -0.39 is 5.41 Å². The highest BCUT2D eigenvalue weighted by Crippen LogP contribution is 2.43. The van der Waals surface area contributed by atoms with Crippen molar-refractivity contribution in [1.29, 1.82) is 0 Å². The molecule has 0 unspecified atom stereocenters. The van der Waals surface area contributed by atoms with Crippen LogP contribution in [0.2, 0.25) is 0 Å². The molecule has 4 aromatic carbocycles. The lowest BCUT2D eigenvalue weighted by Gasteiger charge is -2.27. The zero-order valence-electron chi connectivity index (χ0n) is 28.4. The van der Waals surface area contributed by atoms with E-state index in [0.717, 1.165) is 11.1 Å². The number of benzene rings is 4. The van der Waals surface area contributed by atoms with Crippen molar-refractivity contribution in [2.75, 3.05) is 11.1 Å². The molecule has 0 bridgehead atoms. The second-order valence-electron chi connectivity index (χ2n) is 13.2. The molecule has 0 aliphatic rings. The van der Waals surface area contributed by atoms with Gasteiger partial charge in [-0.2, -0.15) is 0 Å². The predicted octanol–water partition coefficient (Wildman–Crippen LogP) is 10.2. The van der Waals surface area contributed by atoms with Gasteiger partial charge in [-0.15, -0.1) is 0 Å². The van der Waals surface area contributed by atoms with Gasteiger partial charge in [0.15, 0.2) is 0 Å². The van der Waals surface area contributed by atoms with Crippen molar-refractivity contribution in [2.24, 2.45) is 0 Å². The molecule has 2 nitrogen and oxygen atoms in total. The Morgan fingerprint density at radius 3 is 1.74 bits per heavy atom. The molecule has 0 saturated carbocycles. The molecule has 0 spiro atoms. The van der Waals surface area contributed by atoms with Crippen molar-refractivity contribution in [1.82, 2.24) is 0 Å². The Hall–Kier alpha value is -3.52. The molecule has 0 aliphatic heterocycles. The zero-order chi connectivity index (χ0) is 31.4. The van der Waals surface area contributed by atoms with Gasteiger partial charge in [0.1, 0.15) is 0 Å². The van der Waals surface area contributed by atoms with Crippen LogP contribution in [0, 0.1) is 0 Å². The lowest BCUT2D eigenvalue weighted by Crippen LogP contribution is -2.16. The van der Waals surface area contributed by atoms with Gasteiger partial charge in [0.2, 0.25) is 0 Å². The van der Waals surface area contributed by atoms with Gasteiger partial charge in [-0.1, -0.05) is 135 Å². The summed E-state index contributed by atoms with van der Waals surface area (Å²) in [4.78, 5) is 0. The number of hydrogen-bond acceptors (Lipinski definition) is 2. The van der Waals surface area contributed by atoms with Crippen LogP contribution in [-0.2, 0) is 16.2 Å². The summed E-state index contributed by atoms with van der Waals surface area (Å²) in [6, 6.07) is 19.9. The molecule has 0 saturated heterocycles. The molecule has 4 aromatic rings. The highest BCUT2D eigenvalue weighted by Gasteiger charge is 2.23. The summed E-state index contributed by atoms with van der Waals surface area (Å²) in [6.45, 7) is 19.1. The van der Waals surface area contributed by atoms with Crippen LogP contribution < -0.4 is 11.1 Å². The minimum absolute atomic E-state index is 0.0630. The first-order chi connectivity index (χ1) is 19.3. The van der Waals surface area contributed by atoms with Gasteiger partial charge >= 0.3 is 0 Å². The molecule has 3 N–H and O–H groups in total. The maximum atomic E-state index is 9.27. The molecule has 0 heterocycles. The fourth-order valence-corrected chi connectivity index (χ4v) is 4.38. The van der Waals surface area contributed by atoms with E-state index in [1.54, 1.807) is 0 Å². The average molecular weight is 509 g/mol. The first-order valence-electron chi connectivity index (χ1n) is 15.3. The lowest BCUT2D eigenvalue weighted by molar-refractivity contribution is 0.569. The van der Waals surface area contributed by atoms with Gasteiger partial charge in [0, 0.05) is 11.1 Å². The topological polar surface area (TPSA) is 38.0 Å². The van der Waals surface area contributed by atoms with Crippen molar-refractivity contribution in [3.05, 3.63) is 102 Å². The highest BCUT2D eigenvalue weighted by atomic mass is 14.9. The Bertz CT molecular complexity index is 1620. The zero-order valence-corrected chi connectivity index (χ0v) is 24.4. The van der Waals surface area contributed by atoms with Crippen LogP contribution in [0.15, 0.2) is 84.8 Å². The Morgan fingerprint density at radius 1 is 0.632 bits per heavy atom. The maximum Gasteiger partial charge on any atom is 0.0632 e. The SMILES string of the molecule is [2H]c1c([2H])c(-c2cccc(-c3cc(C(C)(C)C)cc(C(C)(C)C)c3)c2Nc2ccccc2N)c([2H])c(C(C)(C)C)c1[2H]. The first kappa shape index (κ1) is 22.5. The number of anilines is 3. The van der Waals surface area contributed by atoms with Crippen molar-refractivity contribution in [2.45, 2.75) is 78.6 Å². The second-order valence-corrected chi connectivity index (χ2v) is 13.2. The molecule has 0 fully saturated rings. The first-order valence-corrected chi connectivity index (χ1v) is 13.3. The van der Waals surface area contributed by atoms with E-state index in [9.17, 15) is 1.37 Å². The Labute approximate surface area is 235 Å². The summed E-state index contributed by atoms with van der Waals surface area (Å²) >= 11 is 0. The van der Waals surface area contributed by atoms with Crippen molar-refractivity contribution >= 4 is 17.1 Å².